The number of ether oxygens (including phenoxy) is 2. The van der Waals surface area contributed by atoms with Crippen LogP contribution in [0.25, 0.3) is 0 Å². The number of hydrogen-bond acceptors (Lipinski definition) is 8. The van der Waals surface area contributed by atoms with E-state index in [9.17, 15) is 18.1 Å². The number of nitriles is 1. The van der Waals surface area contributed by atoms with E-state index in [1.807, 2.05) is 24.0 Å². The maximum absolute atomic E-state index is 14.0. The van der Waals surface area contributed by atoms with E-state index in [4.69, 9.17) is 9.47 Å². The summed E-state index contributed by atoms with van der Waals surface area (Å²) >= 11 is 1.23. The molecular weight excluding hydrogens is 539 g/mol. The number of alkyl halides is 1. The van der Waals surface area contributed by atoms with Crippen molar-refractivity contribution in [1.82, 2.24) is 4.98 Å². The molecule has 11 heteroatoms. The number of methoxy groups -OCH3 is 1. The Morgan fingerprint density at radius 1 is 1.15 bits per heavy atom. The van der Waals surface area contributed by atoms with Crippen molar-refractivity contribution in [1.29, 1.82) is 5.26 Å². The van der Waals surface area contributed by atoms with Crippen molar-refractivity contribution in [3.05, 3.63) is 88.9 Å². The summed E-state index contributed by atoms with van der Waals surface area (Å²) < 4.78 is 53.6. The summed E-state index contributed by atoms with van der Waals surface area (Å²) in [6, 6.07) is 18.8. The quantitative estimate of drug-likeness (QED) is 0.267. The summed E-state index contributed by atoms with van der Waals surface area (Å²) in [7, 11) is -2.46. The van der Waals surface area contributed by atoms with Crippen LogP contribution in [0.2, 0.25) is 0 Å². The van der Waals surface area contributed by atoms with Crippen LogP contribution in [0.3, 0.4) is 0 Å². The van der Waals surface area contributed by atoms with E-state index in [2.05, 4.69) is 11.1 Å². The Kier molecular flexibility index (Phi) is 7.41. The minimum absolute atomic E-state index is 0.0488. The molecule has 1 atom stereocenters. The summed E-state index contributed by atoms with van der Waals surface area (Å²) in [6.07, 6.45) is 1.56. The number of thiazole rings is 1. The fraction of sp³-hybridized carbons (Fsp3) is 0.214. The molecular formula is C28H25FN4O4S2. The molecule has 200 valence electrons. The number of anilines is 3. The maximum atomic E-state index is 14.0. The Morgan fingerprint density at radius 3 is 2.56 bits per heavy atom. The summed E-state index contributed by atoms with van der Waals surface area (Å²) in [5.74, 6) is 1.04. The fourth-order valence-electron chi connectivity index (χ4n) is 4.44. The lowest BCUT2D eigenvalue weighted by Gasteiger charge is -2.37. The average Bonchev–Trinajstić information content (AvgIpc) is 3.50. The van der Waals surface area contributed by atoms with Crippen molar-refractivity contribution in [3.63, 3.8) is 0 Å². The van der Waals surface area contributed by atoms with Gasteiger partial charge in [0.25, 0.3) is 10.0 Å². The molecule has 0 aliphatic carbocycles. The smallest absolute Gasteiger partial charge is 0.266 e. The third-order valence-corrected chi connectivity index (χ3v) is 9.05. The van der Waals surface area contributed by atoms with E-state index in [-0.39, 0.29) is 24.1 Å². The average molecular weight is 565 g/mol. The van der Waals surface area contributed by atoms with Crippen LogP contribution < -0.4 is 18.7 Å². The van der Waals surface area contributed by atoms with Gasteiger partial charge in [-0.3, -0.25) is 0 Å². The largest absolute Gasteiger partial charge is 0.497 e. The molecule has 5 rings (SSSR count). The Hall–Kier alpha value is -4.14. The van der Waals surface area contributed by atoms with E-state index in [0.29, 0.717) is 39.1 Å². The summed E-state index contributed by atoms with van der Waals surface area (Å²) in [4.78, 5) is 6.24. The van der Waals surface area contributed by atoms with Crippen LogP contribution in [0.15, 0.2) is 77.1 Å². The predicted molar refractivity (Wildman–Crippen MR) is 148 cm³/mol. The molecule has 1 unspecified atom stereocenters. The molecule has 1 aliphatic rings. The standard InChI is InChI=1S/C28H25FN4O4S2/c1-19-18-37-27-14-24(8-10-26(27)33(19)25-9-5-21(15-29)13-22(25)16-30)39(34,35)32(28-31-11-12-38-28)17-20-3-6-23(36-2)7-4-20/h3-14,19H,15,17-18H2,1-2H3. The van der Waals surface area contributed by atoms with Crippen LogP contribution in [0, 0.1) is 11.3 Å². The van der Waals surface area contributed by atoms with E-state index in [1.54, 1.807) is 49.0 Å². The normalized spacial score (nSPS) is 14.7. The molecule has 0 spiro atoms. The van der Waals surface area contributed by atoms with Gasteiger partial charge >= 0.3 is 0 Å². The highest BCUT2D eigenvalue weighted by Crippen LogP contribution is 2.42. The molecule has 0 bridgehead atoms. The number of benzene rings is 3. The minimum Gasteiger partial charge on any atom is -0.497 e. The molecule has 39 heavy (non-hydrogen) atoms. The maximum Gasteiger partial charge on any atom is 0.266 e. The Morgan fingerprint density at radius 2 is 1.90 bits per heavy atom. The van der Waals surface area contributed by atoms with Crippen molar-refractivity contribution in [2.45, 2.75) is 31.1 Å². The lowest BCUT2D eigenvalue weighted by atomic mass is 10.1. The van der Waals surface area contributed by atoms with Gasteiger partial charge in [0.05, 0.1) is 41.5 Å². The molecule has 0 amide bonds. The Balaban J connectivity index is 1.53. The van der Waals surface area contributed by atoms with Crippen molar-refractivity contribution in [2.75, 3.05) is 22.9 Å². The number of fused-ring (bicyclic) bond motifs is 1. The minimum atomic E-state index is -4.03. The number of nitrogens with zero attached hydrogens (tertiary/aromatic N) is 4. The van der Waals surface area contributed by atoms with Gasteiger partial charge in [0.1, 0.15) is 30.8 Å². The van der Waals surface area contributed by atoms with Crippen LogP contribution >= 0.6 is 11.3 Å². The van der Waals surface area contributed by atoms with Gasteiger partial charge in [-0.15, -0.1) is 11.3 Å². The highest BCUT2D eigenvalue weighted by atomic mass is 32.2. The Bertz CT molecular complexity index is 1620. The van der Waals surface area contributed by atoms with E-state index in [1.165, 1.54) is 33.8 Å². The topological polar surface area (TPSA) is 95.8 Å². The number of aromatic nitrogens is 1. The second-order valence-electron chi connectivity index (χ2n) is 8.93. The van der Waals surface area contributed by atoms with Gasteiger partial charge in [0.15, 0.2) is 5.13 Å². The zero-order valence-electron chi connectivity index (χ0n) is 21.2. The van der Waals surface area contributed by atoms with Gasteiger partial charge in [0, 0.05) is 17.6 Å². The van der Waals surface area contributed by atoms with E-state index < -0.39 is 16.7 Å². The summed E-state index contributed by atoms with van der Waals surface area (Å²) in [5.41, 5.74) is 2.73. The first-order valence-corrected chi connectivity index (χ1v) is 14.4. The van der Waals surface area contributed by atoms with E-state index in [0.717, 1.165) is 5.56 Å². The van der Waals surface area contributed by atoms with Crippen molar-refractivity contribution in [3.8, 4) is 17.6 Å². The highest BCUT2D eigenvalue weighted by molar-refractivity contribution is 7.93. The highest BCUT2D eigenvalue weighted by Gasteiger charge is 2.32. The molecule has 0 N–H and O–H groups in total. The van der Waals surface area contributed by atoms with E-state index >= 15 is 0 Å². The van der Waals surface area contributed by atoms with Gasteiger partial charge < -0.3 is 14.4 Å². The molecule has 0 radical (unpaired) electrons. The third-order valence-electron chi connectivity index (χ3n) is 6.41. The summed E-state index contributed by atoms with van der Waals surface area (Å²) in [6.45, 7) is 1.62. The number of sulfonamides is 1. The SMILES string of the molecule is COc1ccc(CN(c2nccs2)S(=O)(=O)c2ccc3c(c2)OCC(C)N3c2ccc(CF)cc2C#N)cc1. The van der Waals surface area contributed by atoms with Gasteiger partial charge in [-0.1, -0.05) is 18.2 Å². The fourth-order valence-corrected chi connectivity index (χ4v) is 6.74. The van der Waals surface area contributed by atoms with Crippen LogP contribution in [-0.2, 0) is 23.2 Å². The third kappa shape index (κ3) is 5.13. The molecule has 0 saturated heterocycles. The van der Waals surface area contributed by atoms with Gasteiger partial charge in [-0.2, -0.15) is 5.26 Å². The number of rotatable bonds is 8. The molecule has 0 saturated carbocycles. The molecule has 4 aromatic rings. The lowest BCUT2D eigenvalue weighted by Crippen LogP contribution is -2.38. The number of hydrogen-bond donors (Lipinski definition) is 0. The van der Waals surface area contributed by atoms with Crippen LogP contribution in [0.4, 0.5) is 20.9 Å². The lowest BCUT2D eigenvalue weighted by molar-refractivity contribution is 0.278. The molecule has 1 aliphatic heterocycles. The molecule has 8 nitrogen and oxygen atoms in total. The van der Waals surface area contributed by atoms with Crippen LogP contribution in [0.5, 0.6) is 11.5 Å². The van der Waals surface area contributed by atoms with Crippen molar-refractivity contribution < 1.29 is 22.3 Å². The van der Waals surface area contributed by atoms with Gasteiger partial charge in [0.2, 0.25) is 0 Å². The molecule has 0 fully saturated rings. The zero-order valence-corrected chi connectivity index (χ0v) is 22.9. The van der Waals surface area contributed by atoms with Gasteiger partial charge in [-0.05, 0) is 54.4 Å². The summed E-state index contributed by atoms with van der Waals surface area (Å²) in [5, 5.41) is 11.8. The number of halogens is 1. The second-order valence-corrected chi connectivity index (χ2v) is 11.7. The molecule has 1 aromatic heterocycles. The van der Waals surface area contributed by atoms with Crippen molar-refractivity contribution >= 4 is 37.9 Å². The predicted octanol–water partition coefficient (Wildman–Crippen LogP) is 5.81. The zero-order chi connectivity index (χ0) is 27.6. The monoisotopic (exact) mass is 564 g/mol. The van der Waals surface area contributed by atoms with Gasteiger partial charge in [-0.25, -0.2) is 22.1 Å². The molecule has 3 aromatic carbocycles. The first kappa shape index (κ1) is 26.5. The first-order chi connectivity index (χ1) is 18.8. The second kappa shape index (κ2) is 10.9. The van der Waals surface area contributed by atoms with Crippen LogP contribution in [-0.4, -0.2) is 33.2 Å². The van der Waals surface area contributed by atoms with Crippen LogP contribution in [0.1, 0.15) is 23.6 Å². The van der Waals surface area contributed by atoms with Crippen molar-refractivity contribution in [2.24, 2.45) is 0 Å². The molecule has 2 heterocycles. The Labute approximate surface area is 230 Å². The first-order valence-electron chi connectivity index (χ1n) is 12.1.